The molecule has 2 nitrogen and oxygen atoms in total. The van der Waals surface area contributed by atoms with E-state index in [1.807, 2.05) is 0 Å². The van der Waals surface area contributed by atoms with Crippen LogP contribution in [0.15, 0.2) is 24.5 Å². The molecule has 0 amide bonds. The minimum absolute atomic E-state index is 0.0269. The molecule has 1 aromatic heterocycles. The van der Waals surface area contributed by atoms with Gasteiger partial charge in [0.2, 0.25) is 0 Å². The van der Waals surface area contributed by atoms with Crippen molar-refractivity contribution in [3.05, 3.63) is 24.5 Å². The maximum Gasteiger partial charge on any atom is 0.0540 e. The van der Waals surface area contributed by atoms with Gasteiger partial charge in [0.05, 0.1) is 6.10 Å². The molecule has 0 atom stereocenters. The molecule has 0 unspecified atom stereocenters. The first kappa shape index (κ1) is 8.82. The first-order chi connectivity index (χ1) is 6.34. The molecule has 1 fully saturated rings. The molecular formula is C11H17NO. The van der Waals surface area contributed by atoms with Crippen molar-refractivity contribution < 1.29 is 5.11 Å². The van der Waals surface area contributed by atoms with Gasteiger partial charge in [-0.25, -0.2) is 0 Å². The van der Waals surface area contributed by atoms with Crippen LogP contribution in [-0.4, -0.2) is 15.8 Å². The van der Waals surface area contributed by atoms with Gasteiger partial charge < -0.3 is 9.67 Å². The third-order valence-electron chi connectivity index (χ3n) is 2.95. The van der Waals surface area contributed by atoms with Crippen LogP contribution in [0.25, 0.3) is 0 Å². The van der Waals surface area contributed by atoms with Crippen molar-refractivity contribution in [3.8, 4) is 0 Å². The molecule has 1 saturated carbocycles. The average molecular weight is 179 g/mol. The topological polar surface area (TPSA) is 25.2 Å². The lowest BCUT2D eigenvalue weighted by Crippen LogP contribution is -2.21. The molecule has 0 bridgehead atoms. The molecule has 0 aromatic carbocycles. The van der Waals surface area contributed by atoms with E-state index in [2.05, 4.69) is 29.1 Å². The minimum Gasteiger partial charge on any atom is -0.393 e. The molecule has 1 heterocycles. The number of nitrogens with zero attached hydrogens (tertiary/aromatic N) is 1. The fraction of sp³-hybridized carbons (Fsp3) is 0.636. The molecule has 1 N–H and O–H groups in total. The lowest BCUT2D eigenvalue weighted by atomic mass is 9.87. The molecule has 0 saturated heterocycles. The summed E-state index contributed by atoms with van der Waals surface area (Å²) < 4.78 is 2.24. The van der Waals surface area contributed by atoms with Crippen LogP contribution < -0.4 is 0 Å². The van der Waals surface area contributed by atoms with Crippen molar-refractivity contribution in [2.75, 3.05) is 0 Å². The highest BCUT2D eigenvalue weighted by Crippen LogP contribution is 2.25. The first-order valence-corrected chi connectivity index (χ1v) is 5.13. The quantitative estimate of drug-likeness (QED) is 0.738. The number of aliphatic hydroxyl groups excluding tert-OH is 1. The van der Waals surface area contributed by atoms with Gasteiger partial charge in [-0.1, -0.05) is 0 Å². The van der Waals surface area contributed by atoms with Crippen molar-refractivity contribution in [1.29, 1.82) is 0 Å². The normalized spacial score (nSPS) is 29.0. The summed E-state index contributed by atoms with van der Waals surface area (Å²) in [5.74, 6) is 0.774. The second-order valence-corrected chi connectivity index (χ2v) is 4.05. The van der Waals surface area contributed by atoms with Crippen LogP contribution in [0.2, 0.25) is 0 Å². The van der Waals surface area contributed by atoms with E-state index in [9.17, 15) is 5.11 Å². The molecule has 1 aromatic rings. The third kappa shape index (κ3) is 2.34. The Hall–Kier alpha value is -0.760. The zero-order chi connectivity index (χ0) is 9.10. The van der Waals surface area contributed by atoms with Crippen LogP contribution in [0.4, 0.5) is 0 Å². The summed E-state index contributed by atoms with van der Waals surface area (Å²) in [5, 5.41) is 9.35. The van der Waals surface area contributed by atoms with E-state index in [1.165, 1.54) is 12.8 Å². The highest BCUT2D eigenvalue weighted by atomic mass is 16.3. The molecule has 0 radical (unpaired) electrons. The molecule has 0 spiro atoms. The maximum atomic E-state index is 9.35. The predicted molar refractivity (Wildman–Crippen MR) is 52.4 cm³/mol. The van der Waals surface area contributed by atoms with Gasteiger partial charge in [-0.15, -0.1) is 0 Å². The van der Waals surface area contributed by atoms with E-state index >= 15 is 0 Å². The standard InChI is InChI=1S/C11H17NO/c13-11-5-3-10(4-6-11)9-12-7-1-2-8-12/h1-2,7-8,10-11,13H,3-6,9H2. The Labute approximate surface area is 79.2 Å². The monoisotopic (exact) mass is 179 g/mol. The van der Waals surface area contributed by atoms with Crippen LogP contribution in [0, 0.1) is 5.92 Å². The van der Waals surface area contributed by atoms with Gasteiger partial charge in [0.15, 0.2) is 0 Å². The molecule has 2 rings (SSSR count). The number of hydrogen-bond acceptors (Lipinski definition) is 1. The van der Waals surface area contributed by atoms with Crippen LogP contribution in [-0.2, 0) is 6.54 Å². The van der Waals surface area contributed by atoms with Gasteiger partial charge in [0, 0.05) is 18.9 Å². The summed E-state index contributed by atoms with van der Waals surface area (Å²) in [4.78, 5) is 0. The zero-order valence-electron chi connectivity index (χ0n) is 7.89. The Morgan fingerprint density at radius 1 is 1.08 bits per heavy atom. The van der Waals surface area contributed by atoms with E-state index in [0.717, 1.165) is 25.3 Å². The fourth-order valence-electron chi connectivity index (χ4n) is 2.12. The second kappa shape index (κ2) is 3.97. The highest BCUT2D eigenvalue weighted by Gasteiger charge is 2.18. The lowest BCUT2D eigenvalue weighted by molar-refractivity contribution is 0.104. The van der Waals surface area contributed by atoms with E-state index in [-0.39, 0.29) is 6.10 Å². The van der Waals surface area contributed by atoms with E-state index < -0.39 is 0 Å². The van der Waals surface area contributed by atoms with Crippen LogP contribution in [0.1, 0.15) is 25.7 Å². The smallest absolute Gasteiger partial charge is 0.0540 e. The van der Waals surface area contributed by atoms with E-state index in [4.69, 9.17) is 0 Å². The highest BCUT2D eigenvalue weighted by molar-refractivity contribution is 4.91. The summed E-state index contributed by atoms with van der Waals surface area (Å²) in [7, 11) is 0. The maximum absolute atomic E-state index is 9.35. The second-order valence-electron chi connectivity index (χ2n) is 4.05. The van der Waals surface area contributed by atoms with E-state index in [0.29, 0.717) is 0 Å². The summed E-state index contributed by atoms with van der Waals surface area (Å²) in [5.41, 5.74) is 0. The Morgan fingerprint density at radius 3 is 2.31 bits per heavy atom. The van der Waals surface area contributed by atoms with Crippen molar-refractivity contribution >= 4 is 0 Å². The van der Waals surface area contributed by atoms with Gasteiger partial charge in [0.1, 0.15) is 0 Å². The van der Waals surface area contributed by atoms with E-state index in [1.54, 1.807) is 0 Å². The fourth-order valence-corrected chi connectivity index (χ4v) is 2.12. The average Bonchev–Trinajstić information content (AvgIpc) is 2.62. The lowest BCUT2D eigenvalue weighted by Gasteiger charge is -2.25. The Morgan fingerprint density at radius 2 is 1.69 bits per heavy atom. The van der Waals surface area contributed by atoms with Crippen LogP contribution in [0.3, 0.4) is 0 Å². The van der Waals surface area contributed by atoms with Crippen molar-refractivity contribution in [1.82, 2.24) is 4.57 Å². The molecule has 13 heavy (non-hydrogen) atoms. The number of rotatable bonds is 2. The molecule has 2 heteroatoms. The molecule has 0 aliphatic heterocycles. The SMILES string of the molecule is OC1CCC(Cn2cccc2)CC1. The first-order valence-electron chi connectivity index (χ1n) is 5.13. The third-order valence-corrected chi connectivity index (χ3v) is 2.95. The van der Waals surface area contributed by atoms with Crippen LogP contribution >= 0.6 is 0 Å². The molecule has 1 aliphatic rings. The molecule has 1 aliphatic carbocycles. The summed E-state index contributed by atoms with van der Waals surface area (Å²) in [6, 6.07) is 4.13. The Balaban J connectivity index is 1.83. The number of aromatic nitrogens is 1. The Kier molecular flexibility index (Phi) is 2.69. The van der Waals surface area contributed by atoms with Crippen LogP contribution in [0.5, 0.6) is 0 Å². The van der Waals surface area contributed by atoms with Gasteiger partial charge >= 0.3 is 0 Å². The van der Waals surface area contributed by atoms with Crippen molar-refractivity contribution in [3.63, 3.8) is 0 Å². The molecular weight excluding hydrogens is 162 g/mol. The predicted octanol–water partition coefficient (Wildman–Crippen LogP) is 2.04. The number of hydrogen-bond donors (Lipinski definition) is 1. The van der Waals surface area contributed by atoms with Gasteiger partial charge in [-0.05, 0) is 43.7 Å². The van der Waals surface area contributed by atoms with Gasteiger partial charge in [-0.3, -0.25) is 0 Å². The number of aliphatic hydroxyl groups is 1. The molecule has 72 valence electrons. The van der Waals surface area contributed by atoms with Gasteiger partial charge in [0.25, 0.3) is 0 Å². The zero-order valence-corrected chi connectivity index (χ0v) is 7.89. The van der Waals surface area contributed by atoms with Crippen molar-refractivity contribution in [2.24, 2.45) is 5.92 Å². The largest absolute Gasteiger partial charge is 0.393 e. The van der Waals surface area contributed by atoms with Crippen molar-refractivity contribution in [2.45, 2.75) is 38.3 Å². The Bertz CT molecular complexity index is 235. The summed E-state index contributed by atoms with van der Waals surface area (Å²) in [6.07, 6.45) is 8.55. The summed E-state index contributed by atoms with van der Waals surface area (Å²) >= 11 is 0. The minimum atomic E-state index is -0.0269. The summed E-state index contributed by atoms with van der Waals surface area (Å²) in [6.45, 7) is 1.12. The van der Waals surface area contributed by atoms with Gasteiger partial charge in [-0.2, -0.15) is 0 Å².